The molecule has 9 rings (SSSR count). The number of nitrogens with zero attached hydrogens (tertiary/aromatic N) is 6. The van der Waals surface area contributed by atoms with Crippen LogP contribution in [0.5, 0.6) is 0 Å². The summed E-state index contributed by atoms with van der Waals surface area (Å²) in [5, 5.41) is 2.36. The van der Waals surface area contributed by atoms with Crippen molar-refractivity contribution in [3.05, 3.63) is 128 Å². The Morgan fingerprint density at radius 1 is 0.800 bits per heavy atom. The van der Waals surface area contributed by atoms with E-state index in [9.17, 15) is 32.3 Å². The number of imidazole rings is 1. The summed E-state index contributed by atoms with van der Waals surface area (Å²) < 4.78 is 57.0. The van der Waals surface area contributed by atoms with Gasteiger partial charge in [0.15, 0.2) is 0 Å². The maximum atomic E-state index is 14.2. The topological polar surface area (TPSA) is 121 Å². The number of hydrogen-bond donors (Lipinski definition) is 1. The van der Waals surface area contributed by atoms with E-state index in [0.29, 0.717) is 70.0 Å². The standard InChI is InChI=1S/C47H50F3N7O6.C2H6/c48-47(49,50)40-24-34(28-57-42(40)30-55(46(57)61)36-4-2-1-3-5-36)27-52-16-14-38(15-17-52)63-23-22-62-31-33-8-6-32(7-9-33)26-53-18-20-54(21-19-53)37-10-11-39-35(25-37)29-56(45(39)60)41-12-13-43(58)51-44(41)59;1-2/h2,5-11,24-25,28,30,36,38,41H,4,12-23,26-27,29,31H2,(H,51,58,59);1-2H3. The van der Waals surface area contributed by atoms with Crippen molar-refractivity contribution < 1.29 is 37.0 Å². The lowest BCUT2D eigenvalue weighted by atomic mass is 10.0. The van der Waals surface area contributed by atoms with E-state index >= 15 is 0 Å². The van der Waals surface area contributed by atoms with Crippen LogP contribution < -0.4 is 15.9 Å². The van der Waals surface area contributed by atoms with Crippen LogP contribution >= 0.6 is 0 Å². The highest BCUT2D eigenvalue weighted by Gasteiger charge is 2.39. The number of ether oxygens (including phenoxy) is 2. The van der Waals surface area contributed by atoms with Crippen LogP contribution in [0.15, 0.2) is 89.3 Å². The Hall–Kier alpha value is -5.73. The fourth-order valence-electron chi connectivity index (χ4n) is 9.34. The predicted octanol–water partition coefficient (Wildman–Crippen LogP) is 6.24. The monoisotopic (exact) mass is 895 g/mol. The van der Waals surface area contributed by atoms with Crippen molar-refractivity contribution in [2.24, 2.45) is 0 Å². The number of carbonyl (C=O) groups excluding carboxylic acids is 3. The van der Waals surface area contributed by atoms with E-state index in [4.69, 9.17) is 9.47 Å². The fourth-order valence-corrected chi connectivity index (χ4v) is 9.34. The molecule has 2 aromatic heterocycles. The minimum Gasteiger partial charge on any atom is -0.376 e. The van der Waals surface area contributed by atoms with Gasteiger partial charge in [-0.2, -0.15) is 13.2 Å². The minimum absolute atomic E-state index is 0.0411. The van der Waals surface area contributed by atoms with E-state index in [0.717, 1.165) is 72.8 Å². The van der Waals surface area contributed by atoms with Crippen molar-refractivity contribution in [3.8, 4) is 0 Å². The van der Waals surface area contributed by atoms with Gasteiger partial charge >= 0.3 is 11.9 Å². The van der Waals surface area contributed by atoms with Gasteiger partial charge in [0.25, 0.3) is 5.91 Å². The molecule has 16 heteroatoms. The number of piperidine rings is 2. The molecule has 3 fully saturated rings. The predicted molar refractivity (Wildman–Crippen MR) is 238 cm³/mol. The molecule has 3 amide bonds. The lowest BCUT2D eigenvalue weighted by Gasteiger charge is -2.36. The quantitative estimate of drug-likeness (QED) is 0.0946. The number of imide groups is 1. The summed E-state index contributed by atoms with van der Waals surface area (Å²) in [6.07, 6.45) is 4.16. The first-order chi connectivity index (χ1) is 31.5. The first-order valence-electron chi connectivity index (χ1n) is 22.7. The van der Waals surface area contributed by atoms with Crippen molar-refractivity contribution in [1.29, 1.82) is 0 Å². The maximum Gasteiger partial charge on any atom is 0.418 e. The van der Waals surface area contributed by atoms with Gasteiger partial charge in [-0.1, -0.05) is 49.6 Å². The highest BCUT2D eigenvalue weighted by Crippen LogP contribution is 2.35. The van der Waals surface area contributed by atoms with Crippen molar-refractivity contribution in [2.75, 3.05) is 57.4 Å². The third kappa shape index (κ3) is 10.5. The summed E-state index contributed by atoms with van der Waals surface area (Å²) in [5.74, 6) is -0.857. The van der Waals surface area contributed by atoms with E-state index in [2.05, 4.69) is 61.8 Å². The Morgan fingerprint density at radius 3 is 2.23 bits per heavy atom. The number of likely N-dealkylation sites (tertiary alicyclic amines) is 1. The largest absolute Gasteiger partial charge is 0.418 e. The number of alkyl halides is 3. The molecule has 5 aliphatic rings. The second-order valence-corrected chi connectivity index (χ2v) is 17.0. The fraction of sp³-hybridized carbons (Fsp3) is 0.469. The molecule has 0 bridgehead atoms. The molecule has 344 valence electrons. The Bertz CT molecular complexity index is 2540. The number of anilines is 1. The van der Waals surface area contributed by atoms with Crippen molar-refractivity contribution in [2.45, 2.75) is 96.6 Å². The minimum atomic E-state index is -4.61. The van der Waals surface area contributed by atoms with Gasteiger partial charge in [-0.15, -0.1) is 0 Å². The lowest BCUT2D eigenvalue weighted by molar-refractivity contribution is -0.137. The van der Waals surface area contributed by atoms with Gasteiger partial charge in [0, 0.05) is 89.0 Å². The van der Waals surface area contributed by atoms with Gasteiger partial charge in [0.2, 0.25) is 11.8 Å². The number of rotatable bonds is 13. The summed E-state index contributed by atoms with van der Waals surface area (Å²) in [5.41, 5.74) is 9.47. The molecule has 0 spiro atoms. The van der Waals surface area contributed by atoms with Crippen molar-refractivity contribution >= 4 is 28.9 Å². The van der Waals surface area contributed by atoms with Crippen molar-refractivity contribution in [3.63, 3.8) is 0 Å². The number of aromatic nitrogens is 2. The molecule has 2 unspecified atom stereocenters. The van der Waals surface area contributed by atoms with Crippen LogP contribution in [0.4, 0.5) is 18.9 Å². The van der Waals surface area contributed by atoms with Gasteiger partial charge in [0.05, 0.1) is 43.0 Å². The van der Waals surface area contributed by atoms with Crippen LogP contribution in [0.1, 0.15) is 90.2 Å². The number of allylic oxidation sites excluding steroid dienone is 2. The molecular formula is C49H56F3N7O6. The van der Waals surface area contributed by atoms with Gasteiger partial charge in [-0.3, -0.25) is 38.5 Å². The zero-order valence-electron chi connectivity index (χ0n) is 36.9. The second-order valence-electron chi connectivity index (χ2n) is 17.0. The maximum absolute atomic E-state index is 14.2. The van der Waals surface area contributed by atoms with Crippen LogP contribution in [0.25, 0.3) is 5.52 Å². The Balaban J connectivity index is 0.00000284. The molecule has 65 heavy (non-hydrogen) atoms. The van der Waals surface area contributed by atoms with Gasteiger partial charge in [-0.25, -0.2) is 4.79 Å². The molecule has 4 aromatic rings. The van der Waals surface area contributed by atoms with Crippen molar-refractivity contribution in [1.82, 2.24) is 29.0 Å². The molecule has 0 saturated carbocycles. The van der Waals surface area contributed by atoms with Crippen LogP contribution in [0, 0.1) is 0 Å². The average Bonchev–Trinajstić information content (AvgIpc) is 3.82. The number of nitrogens with one attached hydrogen (secondary N) is 1. The molecule has 4 aliphatic heterocycles. The second kappa shape index (κ2) is 20.2. The summed E-state index contributed by atoms with van der Waals surface area (Å²) in [7, 11) is 0. The first kappa shape index (κ1) is 45.8. The zero-order chi connectivity index (χ0) is 45.7. The molecule has 6 heterocycles. The summed E-state index contributed by atoms with van der Waals surface area (Å²) in [6, 6.07) is 14.5. The SMILES string of the molecule is CC.O=C1CCC(N2Cc3cc(N4CCN(Cc5ccc(COCCOC6CCN(Cc7cc(C(F)(F)F)c8cn(C9C=C=C=CC9)c(=O)n8c7)CC6)cc5)CC4)ccc3C2=O)C(=O)N1. The zero-order valence-corrected chi connectivity index (χ0v) is 36.9. The van der Waals surface area contributed by atoms with E-state index in [1.165, 1.54) is 22.5 Å². The highest BCUT2D eigenvalue weighted by atomic mass is 19.4. The molecule has 1 N–H and O–H groups in total. The average molecular weight is 896 g/mol. The summed E-state index contributed by atoms with van der Waals surface area (Å²) >= 11 is 0. The number of carbonyl (C=O) groups is 3. The number of hydrogen-bond acceptors (Lipinski definition) is 9. The van der Waals surface area contributed by atoms with Crippen LogP contribution in [0.2, 0.25) is 0 Å². The first-order valence-corrected chi connectivity index (χ1v) is 22.7. The normalized spacial score (nSPS) is 20.7. The number of benzene rings is 2. The number of piperazine rings is 1. The van der Waals surface area contributed by atoms with E-state index in [1.807, 2.05) is 26.0 Å². The lowest BCUT2D eigenvalue weighted by Crippen LogP contribution is -2.52. The Morgan fingerprint density at radius 2 is 1.52 bits per heavy atom. The van der Waals surface area contributed by atoms with Crippen LogP contribution in [-0.2, 0) is 51.5 Å². The van der Waals surface area contributed by atoms with E-state index < -0.39 is 35.4 Å². The molecular weight excluding hydrogens is 840 g/mol. The number of amides is 3. The molecule has 3 saturated heterocycles. The van der Waals surface area contributed by atoms with E-state index in [1.54, 1.807) is 17.1 Å². The van der Waals surface area contributed by atoms with Crippen LogP contribution in [0.3, 0.4) is 0 Å². The number of halogens is 3. The van der Waals surface area contributed by atoms with Gasteiger partial charge in [-0.05, 0) is 84.4 Å². The molecule has 1 aliphatic carbocycles. The molecule has 13 nitrogen and oxygen atoms in total. The Kier molecular flexibility index (Phi) is 14.2. The van der Waals surface area contributed by atoms with Crippen LogP contribution in [-0.4, -0.2) is 106 Å². The molecule has 0 radical (unpaired) electrons. The van der Waals surface area contributed by atoms with Gasteiger partial charge in [0.1, 0.15) is 6.04 Å². The summed E-state index contributed by atoms with van der Waals surface area (Å²) in [6.45, 7) is 11.7. The highest BCUT2D eigenvalue weighted by molar-refractivity contribution is 6.05. The molecule has 2 atom stereocenters. The van der Waals surface area contributed by atoms with Gasteiger partial charge < -0.3 is 19.3 Å². The smallest absolute Gasteiger partial charge is 0.376 e. The third-order valence-electron chi connectivity index (χ3n) is 12.8. The molecule has 2 aromatic carbocycles. The van der Waals surface area contributed by atoms with E-state index in [-0.39, 0.29) is 29.9 Å². The Labute approximate surface area is 376 Å². The number of fused-ring (bicyclic) bond motifs is 2. The number of pyridine rings is 1. The summed E-state index contributed by atoms with van der Waals surface area (Å²) in [4.78, 5) is 58.8. The third-order valence-corrected chi connectivity index (χ3v) is 12.8.